The van der Waals surface area contributed by atoms with Crippen molar-refractivity contribution >= 4 is 45.8 Å². The van der Waals surface area contributed by atoms with E-state index in [1.54, 1.807) is 0 Å². The van der Waals surface area contributed by atoms with Crippen LogP contribution in [0.2, 0.25) is 5.02 Å². The molecule has 4 heteroatoms. The SMILES string of the molecule is CC1Cc2cc(C(Cl)c3cc(Cl)ccc3I)ccc2O1. The summed E-state index contributed by atoms with van der Waals surface area (Å²) in [6, 6.07) is 12.0. The van der Waals surface area contributed by atoms with Crippen molar-refractivity contribution in [3.05, 3.63) is 61.7 Å². The molecule has 1 nitrogen and oxygen atoms in total. The number of fused-ring (bicyclic) bond motifs is 1. The molecule has 1 aliphatic heterocycles. The monoisotopic (exact) mass is 418 g/mol. The van der Waals surface area contributed by atoms with Gasteiger partial charge in [0.05, 0.1) is 5.38 Å². The molecule has 1 heterocycles. The first-order valence-corrected chi connectivity index (χ1v) is 8.32. The number of hydrogen-bond donors (Lipinski definition) is 0. The molecule has 1 aliphatic rings. The van der Waals surface area contributed by atoms with Crippen LogP contribution < -0.4 is 4.74 Å². The molecule has 0 amide bonds. The molecule has 0 aromatic heterocycles. The van der Waals surface area contributed by atoms with E-state index in [2.05, 4.69) is 35.6 Å². The van der Waals surface area contributed by atoms with Crippen LogP contribution in [0.1, 0.15) is 29.0 Å². The first-order chi connectivity index (χ1) is 9.54. The van der Waals surface area contributed by atoms with Gasteiger partial charge in [-0.05, 0) is 70.5 Å². The largest absolute Gasteiger partial charge is 0.490 e. The standard InChI is InChI=1S/C16H13Cl2IO/c1-9-6-11-7-10(2-5-15(11)20-9)16(18)13-8-12(17)3-4-14(13)19/h2-5,7-9,16H,6H2,1H3. The Bertz CT molecular complexity index is 657. The second-order valence-corrected chi connectivity index (χ2v) is 7.06. The number of rotatable bonds is 2. The van der Waals surface area contributed by atoms with E-state index in [4.69, 9.17) is 27.9 Å². The lowest BCUT2D eigenvalue weighted by Crippen LogP contribution is -2.05. The Morgan fingerprint density at radius 2 is 2.05 bits per heavy atom. The molecule has 3 rings (SSSR count). The van der Waals surface area contributed by atoms with E-state index in [0.717, 1.165) is 26.9 Å². The first-order valence-electron chi connectivity index (χ1n) is 6.43. The van der Waals surface area contributed by atoms with Crippen LogP contribution in [-0.4, -0.2) is 6.10 Å². The van der Waals surface area contributed by atoms with Crippen LogP contribution >= 0.6 is 45.8 Å². The maximum absolute atomic E-state index is 6.64. The molecule has 2 atom stereocenters. The van der Waals surface area contributed by atoms with Crippen molar-refractivity contribution in [2.75, 3.05) is 0 Å². The van der Waals surface area contributed by atoms with E-state index in [9.17, 15) is 0 Å². The predicted molar refractivity (Wildman–Crippen MR) is 92.1 cm³/mol. The predicted octanol–water partition coefficient (Wildman–Crippen LogP) is 5.60. The third-order valence-corrected chi connectivity index (χ3v) is 5.15. The lowest BCUT2D eigenvalue weighted by molar-refractivity contribution is 0.254. The number of ether oxygens (including phenoxy) is 1. The zero-order valence-corrected chi connectivity index (χ0v) is 14.5. The molecule has 104 valence electrons. The van der Waals surface area contributed by atoms with Gasteiger partial charge < -0.3 is 4.74 Å². The average Bonchev–Trinajstić information content (AvgIpc) is 2.79. The fourth-order valence-corrected chi connectivity index (χ4v) is 3.82. The van der Waals surface area contributed by atoms with Crippen LogP contribution in [0, 0.1) is 3.57 Å². The van der Waals surface area contributed by atoms with Crippen molar-refractivity contribution < 1.29 is 4.74 Å². The lowest BCUT2D eigenvalue weighted by atomic mass is 10.0. The highest BCUT2D eigenvalue weighted by atomic mass is 127. The minimum absolute atomic E-state index is 0.193. The van der Waals surface area contributed by atoms with Crippen LogP contribution in [0.4, 0.5) is 0 Å². The van der Waals surface area contributed by atoms with Gasteiger partial charge in [0.15, 0.2) is 0 Å². The molecular formula is C16H13Cl2IO. The zero-order chi connectivity index (χ0) is 14.3. The quantitative estimate of drug-likeness (QED) is 0.455. The maximum atomic E-state index is 6.64. The molecule has 2 aromatic carbocycles. The van der Waals surface area contributed by atoms with Gasteiger partial charge >= 0.3 is 0 Å². The molecule has 2 aromatic rings. The Kier molecular flexibility index (Phi) is 4.16. The molecule has 0 bridgehead atoms. The second-order valence-electron chi connectivity index (χ2n) is 5.03. The van der Waals surface area contributed by atoms with Crippen LogP contribution in [0.5, 0.6) is 5.75 Å². The molecule has 0 fully saturated rings. The Morgan fingerprint density at radius 1 is 1.25 bits per heavy atom. The molecular weight excluding hydrogens is 406 g/mol. The summed E-state index contributed by atoms with van der Waals surface area (Å²) in [5.74, 6) is 0.978. The zero-order valence-electron chi connectivity index (χ0n) is 10.9. The molecule has 0 saturated carbocycles. The summed E-state index contributed by atoms with van der Waals surface area (Å²) in [5, 5.41) is 0.519. The van der Waals surface area contributed by atoms with Gasteiger partial charge in [0, 0.05) is 15.0 Å². The number of hydrogen-bond acceptors (Lipinski definition) is 1. The lowest BCUT2D eigenvalue weighted by Gasteiger charge is -2.14. The molecule has 0 N–H and O–H groups in total. The second kappa shape index (κ2) is 5.74. The highest BCUT2D eigenvalue weighted by Crippen LogP contribution is 2.37. The van der Waals surface area contributed by atoms with Crippen molar-refractivity contribution in [3.8, 4) is 5.75 Å². The Labute approximate surface area is 142 Å². The summed E-state index contributed by atoms with van der Waals surface area (Å²) in [6.07, 6.45) is 1.19. The van der Waals surface area contributed by atoms with E-state index < -0.39 is 0 Å². The third kappa shape index (κ3) is 2.78. The number of alkyl halides is 1. The molecule has 0 saturated heterocycles. The topological polar surface area (TPSA) is 9.23 Å². The molecule has 0 aliphatic carbocycles. The number of benzene rings is 2. The van der Waals surface area contributed by atoms with Crippen molar-refractivity contribution in [2.24, 2.45) is 0 Å². The normalized spacial score (nSPS) is 18.5. The fraction of sp³-hybridized carbons (Fsp3) is 0.250. The molecule has 2 unspecified atom stereocenters. The van der Waals surface area contributed by atoms with Gasteiger partial charge in [0.25, 0.3) is 0 Å². The van der Waals surface area contributed by atoms with Gasteiger partial charge in [0.1, 0.15) is 11.9 Å². The smallest absolute Gasteiger partial charge is 0.123 e. The van der Waals surface area contributed by atoms with Crippen LogP contribution in [0.3, 0.4) is 0 Å². The van der Waals surface area contributed by atoms with Crippen LogP contribution in [-0.2, 0) is 6.42 Å². The summed E-state index contributed by atoms with van der Waals surface area (Å²) in [6.45, 7) is 2.08. The molecule has 20 heavy (non-hydrogen) atoms. The van der Waals surface area contributed by atoms with Gasteiger partial charge in [-0.25, -0.2) is 0 Å². The van der Waals surface area contributed by atoms with Crippen molar-refractivity contribution in [1.29, 1.82) is 0 Å². The maximum Gasteiger partial charge on any atom is 0.123 e. The minimum Gasteiger partial charge on any atom is -0.490 e. The van der Waals surface area contributed by atoms with E-state index in [1.807, 2.05) is 30.3 Å². The highest BCUT2D eigenvalue weighted by Gasteiger charge is 2.22. The minimum atomic E-state index is -0.193. The van der Waals surface area contributed by atoms with E-state index >= 15 is 0 Å². The van der Waals surface area contributed by atoms with Gasteiger partial charge in [-0.15, -0.1) is 11.6 Å². The Morgan fingerprint density at radius 3 is 2.85 bits per heavy atom. The Hall–Kier alpha value is -0.450. The molecule has 0 radical (unpaired) electrons. The molecule has 0 spiro atoms. The van der Waals surface area contributed by atoms with Gasteiger partial charge in [-0.2, -0.15) is 0 Å². The summed E-state index contributed by atoms with van der Waals surface area (Å²) >= 11 is 15.0. The Balaban J connectivity index is 1.97. The van der Waals surface area contributed by atoms with Crippen molar-refractivity contribution in [1.82, 2.24) is 0 Å². The van der Waals surface area contributed by atoms with Crippen LogP contribution in [0.25, 0.3) is 0 Å². The third-order valence-electron chi connectivity index (χ3n) is 3.44. The summed E-state index contributed by atoms with van der Waals surface area (Å²) in [4.78, 5) is 0. The summed E-state index contributed by atoms with van der Waals surface area (Å²) in [5.41, 5.74) is 3.37. The van der Waals surface area contributed by atoms with Crippen molar-refractivity contribution in [2.45, 2.75) is 24.8 Å². The van der Waals surface area contributed by atoms with Gasteiger partial charge in [-0.3, -0.25) is 0 Å². The summed E-state index contributed by atoms with van der Waals surface area (Å²) in [7, 11) is 0. The highest BCUT2D eigenvalue weighted by molar-refractivity contribution is 14.1. The fourth-order valence-electron chi connectivity index (χ4n) is 2.49. The van der Waals surface area contributed by atoms with Crippen LogP contribution in [0.15, 0.2) is 36.4 Å². The average molecular weight is 419 g/mol. The van der Waals surface area contributed by atoms with E-state index in [1.165, 1.54) is 5.56 Å². The number of halogens is 3. The van der Waals surface area contributed by atoms with Gasteiger partial charge in [0.2, 0.25) is 0 Å². The van der Waals surface area contributed by atoms with Gasteiger partial charge in [-0.1, -0.05) is 23.7 Å². The van der Waals surface area contributed by atoms with Crippen molar-refractivity contribution in [3.63, 3.8) is 0 Å². The summed E-state index contributed by atoms with van der Waals surface area (Å²) < 4.78 is 6.85. The van der Waals surface area contributed by atoms with E-state index in [-0.39, 0.29) is 11.5 Å². The first kappa shape index (κ1) is 14.5. The van der Waals surface area contributed by atoms with E-state index in [0.29, 0.717) is 5.02 Å².